The van der Waals surface area contributed by atoms with E-state index in [1.165, 1.54) is 10.8 Å². The Hall–Kier alpha value is -2.95. The van der Waals surface area contributed by atoms with Gasteiger partial charge >= 0.3 is 5.97 Å². The second-order valence-corrected chi connectivity index (χ2v) is 6.82. The molecule has 0 bridgehead atoms. The van der Waals surface area contributed by atoms with Gasteiger partial charge in [-0.3, -0.25) is 4.79 Å². The number of hydrogen-bond acceptors (Lipinski definition) is 5. The van der Waals surface area contributed by atoms with E-state index in [4.69, 9.17) is 9.72 Å². The molecule has 1 fully saturated rings. The van der Waals surface area contributed by atoms with Crippen molar-refractivity contribution in [3.8, 4) is 11.3 Å². The van der Waals surface area contributed by atoms with Crippen molar-refractivity contribution in [3.05, 3.63) is 54.7 Å². The first kappa shape index (κ1) is 17.5. The minimum atomic E-state index is -0.0806. The van der Waals surface area contributed by atoms with Gasteiger partial charge in [0.1, 0.15) is 0 Å². The highest BCUT2D eigenvalue weighted by molar-refractivity contribution is 5.86. The molecule has 0 atom stereocenters. The van der Waals surface area contributed by atoms with E-state index in [2.05, 4.69) is 40.2 Å². The maximum atomic E-state index is 11.9. The largest absolute Gasteiger partial charge is 0.466 e. The van der Waals surface area contributed by atoms with E-state index in [9.17, 15) is 4.79 Å². The molecule has 1 saturated heterocycles. The Morgan fingerprint density at radius 3 is 2.67 bits per heavy atom. The van der Waals surface area contributed by atoms with Gasteiger partial charge in [0.15, 0.2) is 0 Å². The maximum Gasteiger partial charge on any atom is 0.309 e. The van der Waals surface area contributed by atoms with Crippen LogP contribution in [-0.4, -0.2) is 35.6 Å². The molecule has 0 radical (unpaired) electrons. The van der Waals surface area contributed by atoms with Crippen LogP contribution < -0.4 is 4.90 Å². The van der Waals surface area contributed by atoms with Gasteiger partial charge in [0, 0.05) is 24.8 Å². The first-order valence-electron chi connectivity index (χ1n) is 9.48. The number of carbonyl (C=O) groups is 1. The Bertz CT molecular complexity index is 949. The summed E-state index contributed by atoms with van der Waals surface area (Å²) in [4.78, 5) is 23.3. The van der Waals surface area contributed by atoms with E-state index < -0.39 is 0 Å². The van der Waals surface area contributed by atoms with E-state index in [0.717, 1.165) is 43.1 Å². The fourth-order valence-corrected chi connectivity index (χ4v) is 3.59. The average molecular weight is 361 g/mol. The van der Waals surface area contributed by atoms with E-state index in [0.29, 0.717) is 6.61 Å². The first-order valence-corrected chi connectivity index (χ1v) is 9.48. The maximum absolute atomic E-state index is 11.9. The molecule has 1 aliphatic heterocycles. The van der Waals surface area contributed by atoms with Gasteiger partial charge in [-0.15, -0.1) is 0 Å². The van der Waals surface area contributed by atoms with Gasteiger partial charge in [-0.25, -0.2) is 9.97 Å². The predicted octanol–water partition coefficient (Wildman–Crippen LogP) is 4.08. The third-order valence-corrected chi connectivity index (χ3v) is 5.09. The van der Waals surface area contributed by atoms with Crippen LogP contribution in [0.2, 0.25) is 0 Å². The third kappa shape index (κ3) is 3.77. The lowest BCUT2D eigenvalue weighted by molar-refractivity contribution is -0.148. The number of anilines is 1. The molecular weight excluding hydrogens is 338 g/mol. The lowest BCUT2D eigenvalue weighted by Gasteiger charge is -2.30. The summed E-state index contributed by atoms with van der Waals surface area (Å²) in [5, 5.41) is 2.42. The molecule has 2 heterocycles. The molecule has 0 saturated carbocycles. The Morgan fingerprint density at radius 2 is 1.89 bits per heavy atom. The average Bonchev–Trinajstić information content (AvgIpc) is 2.74. The van der Waals surface area contributed by atoms with Gasteiger partial charge in [-0.2, -0.15) is 0 Å². The number of carbonyl (C=O) groups excluding carboxylic acids is 1. The molecule has 0 unspecified atom stereocenters. The highest BCUT2D eigenvalue weighted by Gasteiger charge is 2.27. The lowest BCUT2D eigenvalue weighted by Crippen LogP contribution is -2.37. The summed E-state index contributed by atoms with van der Waals surface area (Å²) in [6.07, 6.45) is 3.37. The zero-order valence-corrected chi connectivity index (χ0v) is 15.5. The number of benzene rings is 2. The molecule has 2 aromatic carbocycles. The summed E-state index contributed by atoms with van der Waals surface area (Å²) >= 11 is 0. The second-order valence-electron chi connectivity index (χ2n) is 6.82. The molecule has 3 aromatic rings. The molecule has 27 heavy (non-hydrogen) atoms. The molecule has 138 valence electrons. The molecular formula is C22H23N3O2. The summed E-state index contributed by atoms with van der Waals surface area (Å²) in [6, 6.07) is 16.6. The van der Waals surface area contributed by atoms with Crippen molar-refractivity contribution < 1.29 is 9.53 Å². The minimum Gasteiger partial charge on any atom is -0.466 e. The lowest BCUT2D eigenvalue weighted by atomic mass is 9.97. The van der Waals surface area contributed by atoms with Crippen LogP contribution in [0.4, 0.5) is 5.95 Å². The Balaban J connectivity index is 1.52. The van der Waals surface area contributed by atoms with Crippen LogP contribution >= 0.6 is 0 Å². The molecule has 4 rings (SSSR count). The van der Waals surface area contributed by atoms with Gasteiger partial charge in [-0.1, -0.05) is 36.4 Å². The summed E-state index contributed by atoms with van der Waals surface area (Å²) < 4.78 is 5.15. The molecule has 5 heteroatoms. The topological polar surface area (TPSA) is 55.3 Å². The van der Waals surface area contributed by atoms with Crippen LogP contribution in [0, 0.1) is 5.92 Å². The molecule has 0 amide bonds. The highest BCUT2D eigenvalue weighted by Crippen LogP contribution is 2.26. The summed E-state index contributed by atoms with van der Waals surface area (Å²) in [5.74, 6) is 0.635. The van der Waals surface area contributed by atoms with Crippen LogP contribution in [0.1, 0.15) is 19.8 Å². The highest BCUT2D eigenvalue weighted by atomic mass is 16.5. The zero-order valence-electron chi connectivity index (χ0n) is 15.5. The summed E-state index contributed by atoms with van der Waals surface area (Å²) in [6.45, 7) is 3.82. The second kappa shape index (κ2) is 7.74. The number of aromatic nitrogens is 2. The van der Waals surface area contributed by atoms with Gasteiger partial charge < -0.3 is 9.64 Å². The van der Waals surface area contributed by atoms with Gasteiger partial charge in [0.25, 0.3) is 0 Å². The predicted molar refractivity (Wildman–Crippen MR) is 107 cm³/mol. The van der Waals surface area contributed by atoms with Gasteiger partial charge in [0.2, 0.25) is 5.95 Å². The van der Waals surface area contributed by atoms with Crippen molar-refractivity contribution in [1.82, 2.24) is 9.97 Å². The number of rotatable bonds is 4. The molecule has 1 aromatic heterocycles. The number of ether oxygens (including phenoxy) is 1. The fraction of sp³-hybridized carbons (Fsp3) is 0.318. The number of hydrogen-bond donors (Lipinski definition) is 0. The Morgan fingerprint density at radius 1 is 1.11 bits per heavy atom. The van der Waals surface area contributed by atoms with E-state index in [1.54, 1.807) is 0 Å². The van der Waals surface area contributed by atoms with Crippen LogP contribution in [0.3, 0.4) is 0 Å². The van der Waals surface area contributed by atoms with Crippen LogP contribution in [-0.2, 0) is 9.53 Å². The fourth-order valence-electron chi connectivity index (χ4n) is 3.59. The Labute approximate surface area is 159 Å². The smallest absolute Gasteiger partial charge is 0.309 e. The molecule has 1 aliphatic rings. The van der Waals surface area contributed by atoms with E-state index >= 15 is 0 Å². The zero-order chi connectivity index (χ0) is 18.6. The van der Waals surface area contributed by atoms with Crippen molar-refractivity contribution in [2.45, 2.75) is 19.8 Å². The summed E-state index contributed by atoms with van der Waals surface area (Å²) in [7, 11) is 0. The Kier molecular flexibility index (Phi) is 5.01. The third-order valence-electron chi connectivity index (χ3n) is 5.09. The van der Waals surface area contributed by atoms with E-state index in [1.807, 2.05) is 31.3 Å². The van der Waals surface area contributed by atoms with Crippen LogP contribution in [0.25, 0.3) is 22.0 Å². The van der Waals surface area contributed by atoms with Gasteiger partial charge in [0.05, 0.1) is 18.2 Å². The van der Waals surface area contributed by atoms with Crippen molar-refractivity contribution >= 4 is 22.7 Å². The molecule has 0 N–H and O–H groups in total. The van der Waals surface area contributed by atoms with Crippen molar-refractivity contribution in [2.75, 3.05) is 24.6 Å². The standard InChI is InChI=1S/C22H23N3O2/c1-2-27-21(26)17-10-13-25(14-11-17)22-23-12-9-20(24-22)19-8-7-16-5-3-4-6-18(16)15-19/h3-9,12,15,17H,2,10-11,13-14H2,1H3. The SMILES string of the molecule is CCOC(=O)C1CCN(c2nccc(-c3ccc4ccccc4c3)n2)CC1. The normalized spacial score (nSPS) is 15.1. The van der Waals surface area contributed by atoms with Gasteiger partial charge in [-0.05, 0) is 42.7 Å². The van der Waals surface area contributed by atoms with E-state index in [-0.39, 0.29) is 11.9 Å². The first-order chi connectivity index (χ1) is 13.2. The van der Waals surface area contributed by atoms with Crippen LogP contribution in [0.5, 0.6) is 0 Å². The summed E-state index contributed by atoms with van der Waals surface area (Å²) in [5.41, 5.74) is 2.00. The minimum absolute atomic E-state index is 0.00938. The van der Waals surface area contributed by atoms with Crippen molar-refractivity contribution in [1.29, 1.82) is 0 Å². The number of piperidine rings is 1. The molecule has 0 spiro atoms. The van der Waals surface area contributed by atoms with Crippen molar-refractivity contribution in [3.63, 3.8) is 0 Å². The van der Waals surface area contributed by atoms with Crippen molar-refractivity contribution in [2.24, 2.45) is 5.92 Å². The number of nitrogens with zero attached hydrogens (tertiary/aromatic N) is 3. The molecule has 0 aliphatic carbocycles. The number of esters is 1. The number of fused-ring (bicyclic) bond motifs is 1. The quantitative estimate of drug-likeness (QED) is 0.656. The van der Waals surface area contributed by atoms with Crippen LogP contribution in [0.15, 0.2) is 54.7 Å². The molecule has 5 nitrogen and oxygen atoms in total. The monoisotopic (exact) mass is 361 g/mol.